The van der Waals surface area contributed by atoms with Crippen molar-refractivity contribution in [2.24, 2.45) is 0 Å². The number of ether oxygens (including phenoxy) is 1. The first-order valence-corrected chi connectivity index (χ1v) is 8.04. The molecular formula is C16H19ClN4O2. The van der Waals surface area contributed by atoms with E-state index in [-0.39, 0.29) is 12.1 Å². The number of nitrogens with zero attached hydrogens (tertiary/aromatic N) is 1. The van der Waals surface area contributed by atoms with Gasteiger partial charge in [-0.25, -0.2) is 4.79 Å². The first-order valence-electron chi connectivity index (χ1n) is 7.66. The number of para-hydroxylation sites is 1. The number of nitrogens with one attached hydrogen (secondary N) is 3. The molecule has 2 heterocycles. The molecule has 7 heteroatoms. The SMILES string of the molecule is CCc1cc(CNC(=O)NC2CCOc3c(Cl)cccc32)[nH]n1. The first-order chi connectivity index (χ1) is 11.2. The molecule has 0 bridgehead atoms. The standard InChI is InChI=1S/C16H19ClN4O2/c1-2-10-8-11(21-20-10)9-18-16(22)19-14-6-7-23-15-12(14)4-3-5-13(15)17/h3-5,8,14H,2,6-7,9H2,1H3,(H,20,21)(H2,18,19,22). The molecule has 1 unspecified atom stereocenters. The van der Waals surface area contributed by atoms with Crippen molar-refractivity contribution in [2.75, 3.05) is 6.61 Å². The number of carbonyl (C=O) groups excluding carboxylic acids is 1. The summed E-state index contributed by atoms with van der Waals surface area (Å²) >= 11 is 6.14. The van der Waals surface area contributed by atoms with Crippen LogP contribution in [0.15, 0.2) is 24.3 Å². The molecule has 23 heavy (non-hydrogen) atoms. The van der Waals surface area contributed by atoms with Crippen molar-refractivity contribution in [3.8, 4) is 5.75 Å². The monoisotopic (exact) mass is 334 g/mol. The van der Waals surface area contributed by atoms with Crippen LogP contribution in [0.3, 0.4) is 0 Å². The molecule has 1 aliphatic heterocycles. The van der Waals surface area contributed by atoms with Crippen molar-refractivity contribution in [1.29, 1.82) is 0 Å². The molecule has 2 aromatic rings. The van der Waals surface area contributed by atoms with Crippen LogP contribution >= 0.6 is 11.6 Å². The lowest BCUT2D eigenvalue weighted by molar-refractivity contribution is 0.223. The van der Waals surface area contributed by atoms with Gasteiger partial charge in [0.25, 0.3) is 0 Å². The lowest BCUT2D eigenvalue weighted by Crippen LogP contribution is -2.39. The predicted molar refractivity (Wildman–Crippen MR) is 87.6 cm³/mol. The van der Waals surface area contributed by atoms with Crippen LogP contribution < -0.4 is 15.4 Å². The second-order valence-electron chi connectivity index (χ2n) is 5.41. The molecule has 2 amide bonds. The zero-order chi connectivity index (χ0) is 16.2. The Morgan fingerprint density at radius 2 is 2.39 bits per heavy atom. The fourth-order valence-corrected chi connectivity index (χ4v) is 2.84. The zero-order valence-corrected chi connectivity index (χ0v) is 13.6. The number of aromatic nitrogens is 2. The highest BCUT2D eigenvalue weighted by Gasteiger charge is 2.24. The van der Waals surface area contributed by atoms with E-state index in [0.717, 1.165) is 23.4 Å². The summed E-state index contributed by atoms with van der Waals surface area (Å²) in [6.45, 7) is 2.97. The molecule has 0 spiro atoms. The van der Waals surface area contributed by atoms with E-state index in [0.29, 0.717) is 30.3 Å². The van der Waals surface area contributed by atoms with E-state index in [9.17, 15) is 4.79 Å². The van der Waals surface area contributed by atoms with Crippen LogP contribution in [0, 0.1) is 0 Å². The van der Waals surface area contributed by atoms with E-state index in [1.807, 2.05) is 25.1 Å². The van der Waals surface area contributed by atoms with Gasteiger partial charge in [0.2, 0.25) is 0 Å². The van der Waals surface area contributed by atoms with Crippen LogP contribution in [0.4, 0.5) is 4.79 Å². The molecule has 1 aromatic heterocycles. The number of H-pyrrole nitrogens is 1. The summed E-state index contributed by atoms with van der Waals surface area (Å²) in [4.78, 5) is 12.1. The van der Waals surface area contributed by atoms with Gasteiger partial charge in [-0.2, -0.15) is 5.10 Å². The maximum absolute atomic E-state index is 12.1. The van der Waals surface area contributed by atoms with E-state index >= 15 is 0 Å². The van der Waals surface area contributed by atoms with Crippen LogP contribution in [0.25, 0.3) is 0 Å². The van der Waals surface area contributed by atoms with Crippen LogP contribution in [0.1, 0.15) is 36.3 Å². The highest BCUT2D eigenvalue weighted by atomic mass is 35.5. The summed E-state index contributed by atoms with van der Waals surface area (Å²) in [5.74, 6) is 0.659. The van der Waals surface area contributed by atoms with Gasteiger partial charge in [-0.15, -0.1) is 0 Å². The molecule has 3 N–H and O–H groups in total. The van der Waals surface area contributed by atoms with E-state index in [2.05, 4.69) is 20.8 Å². The second-order valence-corrected chi connectivity index (χ2v) is 5.82. The van der Waals surface area contributed by atoms with Gasteiger partial charge < -0.3 is 15.4 Å². The number of aromatic amines is 1. The minimum atomic E-state index is -0.226. The molecule has 0 saturated carbocycles. The molecule has 1 atom stereocenters. The van der Waals surface area contributed by atoms with E-state index < -0.39 is 0 Å². The summed E-state index contributed by atoms with van der Waals surface area (Å²) in [6, 6.07) is 7.18. The molecule has 3 rings (SSSR count). The minimum Gasteiger partial charge on any atom is -0.492 e. The Labute approximate surface area is 139 Å². The number of amides is 2. The molecule has 6 nitrogen and oxygen atoms in total. The van der Waals surface area contributed by atoms with Crippen molar-refractivity contribution >= 4 is 17.6 Å². The van der Waals surface area contributed by atoms with Crippen LogP contribution in [-0.2, 0) is 13.0 Å². The molecule has 122 valence electrons. The normalized spacial score (nSPS) is 16.3. The van der Waals surface area contributed by atoms with Crippen molar-refractivity contribution in [3.63, 3.8) is 0 Å². The van der Waals surface area contributed by atoms with E-state index in [4.69, 9.17) is 16.3 Å². The largest absolute Gasteiger partial charge is 0.492 e. The number of urea groups is 1. The maximum Gasteiger partial charge on any atom is 0.315 e. The summed E-state index contributed by atoms with van der Waals surface area (Å²) in [6.07, 6.45) is 1.58. The van der Waals surface area contributed by atoms with Gasteiger partial charge in [0, 0.05) is 12.0 Å². The van der Waals surface area contributed by atoms with Crippen molar-refractivity contribution in [3.05, 3.63) is 46.2 Å². The van der Waals surface area contributed by atoms with Gasteiger partial charge in [0.1, 0.15) is 5.75 Å². The number of hydrogen-bond donors (Lipinski definition) is 3. The summed E-state index contributed by atoms with van der Waals surface area (Å²) in [7, 11) is 0. The second kappa shape index (κ2) is 6.91. The van der Waals surface area contributed by atoms with Crippen LogP contribution in [-0.4, -0.2) is 22.8 Å². The van der Waals surface area contributed by atoms with Gasteiger partial charge in [-0.3, -0.25) is 5.10 Å². The highest BCUT2D eigenvalue weighted by molar-refractivity contribution is 6.32. The van der Waals surface area contributed by atoms with Gasteiger partial charge in [-0.1, -0.05) is 30.7 Å². The number of fused-ring (bicyclic) bond motifs is 1. The molecule has 0 aliphatic carbocycles. The predicted octanol–water partition coefficient (Wildman–Crippen LogP) is 2.95. The average Bonchev–Trinajstić information content (AvgIpc) is 3.02. The zero-order valence-electron chi connectivity index (χ0n) is 12.9. The van der Waals surface area contributed by atoms with Crippen molar-refractivity contribution in [1.82, 2.24) is 20.8 Å². The molecule has 0 fully saturated rings. The molecule has 0 saturated heterocycles. The molecular weight excluding hydrogens is 316 g/mol. The number of carbonyl (C=O) groups is 1. The highest BCUT2D eigenvalue weighted by Crippen LogP contribution is 2.37. The number of hydrogen-bond acceptors (Lipinski definition) is 3. The number of rotatable bonds is 4. The van der Waals surface area contributed by atoms with Gasteiger partial charge in [0.15, 0.2) is 0 Å². The third kappa shape index (κ3) is 3.59. The Bertz CT molecular complexity index is 701. The maximum atomic E-state index is 12.1. The number of benzene rings is 1. The van der Waals surface area contributed by atoms with Gasteiger partial charge in [-0.05, 0) is 18.6 Å². The van der Waals surface area contributed by atoms with Crippen LogP contribution in [0.2, 0.25) is 5.02 Å². The van der Waals surface area contributed by atoms with Crippen molar-refractivity contribution in [2.45, 2.75) is 32.4 Å². The topological polar surface area (TPSA) is 79.0 Å². The summed E-state index contributed by atoms with van der Waals surface area (Å²) in [5, 5.41) is 13.4. The molecule has 1 aromatic carbocycles. The van der Waals surface area contributed by atoms with Crippen molar-refractivity contribution < 1.29 is 9.53 Å². The third-order valence-electron chi connectivity index (χ3n) is 3.82. The number of halogens is 1. The van der Waals surface area contributed by atoms with Crippen LogP contribution in [0.5, 0.6) is 5.75 Å². The minimum absolute atomic E-state index is 0.106. The average molecular weight is 335 g/mol. The Morgan fingerprint density at radius 1 is 1.52 bits per heavy atom. The fraction of sp³-hybridized carbons (Fsp3) is 0.375. The molecule has 1 aliphatic rings. The summed E-state index contributed by atoms with van der Waals surface area (Å²) in [5.41, 5.74) is 2.77. The first kappa shape index (κ1) is 15.7. The fourth-order valence-electron chi connectivity index (χ4n) is 2.60. The lowest BCUT2D eigenvalue weighted by atomic mass is 10.0. The molecule has 0 radical (unpaired) electrons. The number of aryl methyl sites for hydroxylation is 1. The quantitative estimate of drug-likeness (QED) is 0.804. The smallest absolute Gasteiger partial charge is 0.315 e. The summed E-state index contributed by atoms with van der Waals surface area (Å²) < 4.78 is 5.59. The van der Waals surface area contributed by atoms with E-state index in [1.165, 1.54) is 0 Å². The van der Waals surface area contributed by atoms with Gasteiger partial charge >= 0.3 is 6.03 Å². The Kier molecular flexibility index (Phi) is 4.71. The Hall–Kier alpha value is -2.21. The Balaban J connectivity index is 1.59. The van der Waals surface area contributed by atoms with E-state index in [1.54, 1.807) is 6.07 Å². The Morgan fingerprint density at radius 3 is 3.17 bits per heavy atom. The third-order valence-corrected chi connectivity index (χ3v) is 4.11. The lowest BCUT2D eigenvalue weighted by Gasteiger charge is -2.27. The van der Waals surface area contributed by atoms with Gasteiger partial charge in [0.05, 0.1) is 35.6 Å².